The summed E-state index contributed by atoms with van der Waals surface area (Å²) in [6, 6.07) is 0. The summed E-state index contributed by atoms with van der Waals surface area (Å²) in [5, 5.41) is 0. The summed E-state index contributed by atoms with van der Waals surface area (Å²) < 4.78 is 4.72. The molecule has 2 nitrogen and oxygen atoms in total. The molecule has 0 N–H and O–H groups in total. The van der Waals surface area contributed by atoms with E-state index in [4.69, 9.17) is 4.74 Å². The minimum absolute atomic E-state index is 0.296. The van der Waals surface area contributed by atoms with Gasteiger partial charge in [-0.2, -0.15) is 0 Å². The van der Waals surface area contributed by atoms with Crippen molar-refractivity contribution in [1.29, 1.82) is 0 Å². The fourth-order valence-corrected chi connectivity index (χ4v) is 0.603. The van der Waals surface area contributed by atoms with Crippen molar-refractivity contribution in [3.05, 3.63) is 24.0 Å². The Bertz CT molecular complexity index is 178. The largest absolute Gasteiger partial charge is 0.432 e. The van der Waals surface area contributed by atoms with Crippen LogP contribution in [0.3, 0.4) is 0 Å². The standard InChI is InChI=1S/C8H12O2/c1-6(2)5-7(3)10-8(4)9/h5H,1H2,2-4H3/b7-5+. The van der Waals surface area contributed by atoms with E-state index in [2.05, 4.69) is 6.58 Å². The van der Waals surface area contributed by atoms with Gasteiger partial charge >= 0.3 is 5.97 Å². The number of hydrogen-bond donors (Lipinski definition) is 0. The number of hydrogen-bond acceptors (Lipinski definition) is 2. The van der Waals surface area contributed by atoms with E-state index in [1.165, 1.54) is 6.92 Å². The zero-order valence-electron chi connectivity index (χ0n) is 6.60. The van der Waals surface area contributed by atoms with E-state index >= 15 is 0 Å². The van der Waals surface area contributed by atoms with Gasteiger partial charge in [0.2, 0.25) is 0 Å². The monoisotopic (exact) mass is 140 g/mol. The third kappa shape index (κ3) is 5.09. The Morgan fingerprint density at radius 1 is 1.40 bits per heavy atom. The predicted molar refractivity (Wildman–Crippen MR) is 40.3 cm³/mol. The fraction of sp³-hybridized carbons (Fsp3) is 0.375. The summed E-state index contributed by atoms with van der Waals surface area (Å²) >= 11 is 0. The van der Waals surface area contributed by atoms with Crippen LogP contribution in [0.1, 0.15) is 20.8 Å². The normalized spacial score (nSPS) is 10.9. The van der Waals surface area contributed by atoms with E-state index < -0.39 is 0 Å². The summed E-state index contributed by atoms with van der Waals surface area (Å²) in [6.45, 7) is 8.56. The lowest BCUT2D eigenvalue weighted by atomic mass is 10.3. The molecule has 0 spiro atoms. The molecule has 0 saturated heterocycles. The van der Waals surface area contributed by atoms with Gasteiger partial charge in [-0.05, 0) is 19.9 Å². The number of rotatable bonds is 2. The first-order valence-corrected chi connectivity index (χ1v) is 3.04. The highest BCUT2D eigenvalue weighted by molar-refractivity contribution is 5.67. The average Bonchev–Trinajstić information content (AvgIpc) is 1.58. The zero-order valence-corrected chi connectivity index (χ0v) is 6.60. The summed E-state index contributed by atoms with van der Waals surface area (Å²) in [7, 11) is 0. The second-order valence-electron chi connectivity index (χ2n) is 2.19. The van der Waals surface area contributed by atoms with Crippen molar-refractivity contribution in [2.24, 2.45) is 0 Å². The number of carbonyl (C=O) groups is 1. The van der Waals surface area contributed by atoms with Crippen LogP contribution in [0.25, 0.3) is 0 Å². The Hall–Kier alpha value is -1.05. The van der Waals surface area contributed by atoms with Crippen LogP contribution in [0.2, 0.25) is 0 Å². The van der Waals surface area contributed by atoms with Gasteiger partial charge in [-0.3, -0.25) is 4.79 Å². The smallest absolute Gasteiger partial charge is 0.307 e. The van der Waals surface area contributed by atoms with Crippen molar-refractivity contribution in [3.63, 3.8) is 0 Å². The Morgan fingerprint density at radius 2 is 1.90 bits per heavy atom. The first-order valence-electron chi connectivity index (χ1n) is 3.04. The van der Waals surface area contributed by atoms with Gasteiger partial charge in [0, 0.05) is 6.92 Å². The molecule has 56 valence electrons. The summed E-state index contributed by atoms with van der Waals surface area (Å²) in [5.74, 6) is 0.287. The molecule has 0 aromatic carbocycles. The molecule has 0 radical (unpaired) electrons. The SMILES string of the molecule is C=C(C)/C=C(\C)OC(C)=O. The van der Waals surface area contributed by atoms with Crippen molar-refractivity contribution in [2.75, 3.05) is 0 Å². The van der Waals surface area contributed by atoms with Crippen LogP contribution in [-0.4, -0.2) is 5.97 Å². The highest BCUT2D eigenvalue weighted by Crippen LogP contribution is 2.00. The molecule has 0 aliphatic heterocycles. The number of carbonyl (C=O) groups excluding carboxylic acids is 1. The van der Waals surface area contributed by atoms with Crippen molar-refractivity contribution < 1.29 is 9.53 Å². The molecule has 0 atom stereocenters. The minimum atomic E-state index is -0.296. The minimum Gasteiger partial charge on any atom is -0.432 e. The van der Waals surface area contributed by atoms with Crippen LogP contribution < -0.4 is 0 Å². The van der Waals surface area contributed by atoms with Gasteiger partial charge in [0.15, 0.2) is 0 Å². The molecule has 0 aliphatic rings. The van der Waals surface area contributed by atoms with E-state index in [1.54, 1.807) is 13.0 Å². The lowest BCUT2D eigenvalue weighted by Gasteiger charge is -1.98. The molecule has 0 unspecified atom stereocenters. The Balaban J connectivity index is 3.95. The summed E-state index contributed by atoms with van der Waals surface area (Å²) in [6.07, 6.45) is 1.71. The molecule has 0 aromatic rings. The van der Waals surface area contributed by atoms with E-state index in [9.17, 15) is 4.79 Å². The maximum absolute atomic E-state index is 10.3. The third-order valence-electron chi connectivity index (χ3n) is 0.754. The Kier molecular flexibility index (Phi) is 3.47. The maximum atomic E-state index is 10.3. The zero-order chi connectivity index (χ0) is 8.15. The summed E-state index contributed by atoms with van der Waals surface area (Å²) in [5.41, 5.74) is 0.874. The molecule has 0 rings (SSSR count). The van der Waals surface area contributed by atoms with Crippen LogP contribution >= 0.6 is 0 Å². The van der Waals surface area contributed by atoms with Gasteiger partial charge in [0.25, 0.3) is 0 Å². The van der Waals surface area contributed by atoms with Crippen LogP contribution in [0.15, 0.2) is 24.0 Å². The molecule has 10 heavy (non-hydrogen) atoms. The highest BCUT2D eigenvalue weighted by Gasteiger charge is 1.92. The van der Waals surface area contributed by atoms with Gasteiger partial charge in [0.05, 0.1) is 0 Å². The van der Waals surface area contributed by atoms with Gasteiger partial charge in [-0.25, -0.2) is 0 Å². The number of ether oxygens (including phenoxy) is 1. The second kappa shape index (κ2) is 3.88. The topological polar surface area (TPSA) is 26.3 Å². The van der Waals surface area contributed by atoms with Crippen molar-refractivity contribution >= 4 is 5.97 Å². The van der Waals surface area contributed by atoms with Gasteiger partial charge in [-0.15, -0.1) is 0 Å². The molecule has 0 heterocycles. The van der Waals surface area contributed by atoms with Crippen LogP contribution in [0, 0.1) is 0 Å². The van der Waals surface area contributed by atoms with Gasteiger partial charge in [-0.1, -0.05) is 12.2 Å². The number of allylic oxidation sites excluding steroid dienone is 3. The van der Waals surface area contributed by atoms with Crippen LogP contribution in [0.4, 0.5) is 0 Å². The van der Waals surface area contributed by atoms with Gasteiger partial charge in [0.1, 0.15) is 5.76 Å². The van der Waals surface area contributed by atoms with Gasteiger partial charge < -0.3 is 4.74 Å². The second-order valence-corrected chi connectivity index (χ2v) is 2.19. The third-order valence-corrected chi connectivity index (χ3v) is 0.754. The van der Waals surface area contributed by atoms with Crippen molar-refractivity contribution in [1.82, 2.24) is 0 Å². The quantitative estimate of drug-likeness (QED) is 0.333. The van der Waals surface area contributed by atoms with E-state index in [1.807, 2.05) is 6.92 Å². The van der Waals surface area contributed by atoms with Crippen molar-refractivity contribution in [3.8, 4) is 0 Å². The molecule has 0 bridgehead atoms. The molecule has 0 saturated carbocycles. The molecule has 0 amide bonds. The average molecular weight is 140 g/mol. The van der Waals surface area contributed by atoms with E-state index in [0.29, 0.717) is 5.76 Å². The molecule has 2 heteroatoms. The maximum Gasteiger partial charge on any atom is 0.307 e. The lowest BCUT2D eigenvalue weighted by molar-refractivity contribution is -0.136. The van der Waals surface area contributed by atoms with E-state index in [-0.39, 0.29) is 5.97 Å². The molecular weight excluding hydrogens is 128 g/mol. The Morgan fingerprint density at radius 3 is 2.20 bits per heavy atom. The highest BCUT2D eigenvalue weighted by atomic mass is 16.5. The fourth-order valence-electron chi connectivity index (χ4n) is 0.603. The molecule has 0 fully saturated rings. The van der Waals surface area contributed by atoms with Crippen LogP contribution in [0.5, 0.6) is 0 Å². The van der Waals surface area contributed by atoms with E-state index in [0.717, 1.165) is 5.57 Å². The molecule has 0 aliphatic carbocycles. The lowest BCUT2D eigenvalue weighted by Crippen LogP contribution is -1.95. The van der Waals surface area contributed by atoms with Crippen molar-refractivity contribution in [2.45, 2.75) is 20.8 Å². The number of esters is 1. The molecule has 0 aromatic heterocycles. The molecular formula is C8H12O2. The Labute approximate surface area is 61.2 Å². The first kappa shape index (κ1) is 8.95. The van der Waals surface area contributed by atoms with Crippen LogP contribution in [-0.2, 0) is 9.53 Å². The predicted octanol–water partition coefficient (Wildman–Crippen LogP) is 2.03. The first-order chi connectivity index (χ1) is 4.52. The summed E-state index contributed by atoms with van der Waals surface area (Å²) in [4.78, 5) is 10.3.